The molecule has 20 heavy (non-hydrogen) atoms. The van der Waals surface area contributed by atoms with Crippen LogP contribution < -0.4 is 5.32 Å². The molecule has 3 rings (SSSR count). The molecule has 1 aliphatic rings. The molecule has 1 aliphatic heterocycles. The van der Waals surface area contributed by atoms with Gasteiger partial charge < -0.3 is 5.32 Å². The zero-order valence-electron chi connectivity index (χ0n) is 11.7. The van der Waals surface area contributed by atoms with Crippen molar-refractivity contribution >= 4 is 6.08 Å². The number of hydrogen-bond donors (Lipinski definition) is 1. The molecule has 0 bridgehead atoms. The fourth-order valence-electron chi connectivity index (χ4n) is 2.59. The van der Waals surface area contributed by atoms with Crippen molar-refractivity contribution in [3.8, 4) is 5.69 Å². The van der Waals surface area contributed by atoms with E-state index in [-0.39, 0.29) is 0 Å². The van der Waals surface area contributed by atoms with Gasteiger partial charge in [-0.1, -0.05) is 43.2 Å². The predicted molar refractivity (Wildman–Crippen MR) is 82.9 cm³/mol. The molecule has 1 fully saturated rings. The summed E-state index contributed by atoms with van der Waals surface area (Å²) in [5.74, 6) is 0. The number of rotatable bonds is 3. The minimum absolute atomic E-state index is 0.512. The lowest BCUT2D eigenvalue weighted by molar-refractivity contribution is 0.599. The van der Waals surface area contributed by atoms with Gasteiger partial charge in [0, 0.05) is 17.8 Å². The van der Waals surface area contributed by atoms with Crippen molar-refractivity contribution in [2.45, 2.75) is 31.7 Å². The van der Waals surface area contributed by atoms with Gasteiger partial charge in [0.15, 0.2) is 0 Å². The lowest BCUT2D eigenvalue weighted by Gasteiger charge is -2.09. The standard InChI is InChI=1S/C17H21N3/c1-4-8-17(9-5-1)20-14-15(13-19-20)10-11-16-7-3-2-6-12-18-16/h1,4-5,8-11,13-14,16,18H,2-3,6-7,12H2/b11-10+. The summed E-state index contributed by atoms with van der Waals surface area (Å²) in [5.41, 5.74) is 2.25. The highest BCUT2D eigenvalue weighted by Crippen LogP contribution is 2.12. The number of nitrogens with zero attached hydrogens (tertiary/aromatic N) is 2. The maximum atomic E-state index is 4.41. The van der Waals surface area contributed by atoms with Crippen molar-refractivity contribution in [1.29, 1.82) is 0 Å². The van der Waals surface area contributed by atoms with Crippen LogP contribution in [-0.2, 0) is 0 Å². The second-order valence-electron chi connectivity index (χ2n) is 5.32. The van der Waals surface area contributed by atoms with E-state index >= 15 is 0 Å². The van der Waals surface area contributed by atoms with Crippen molar-refractivity contribution in [1.82, 2.24) is 15.1 Å². The predicted octanol–water partition coefficient (Wildman–Crippen LogP) is 3.42. The van der Waals surface area contributed by atoms with Crippen LogP contribution in [0.3, 0.4) is 0 Å². The molecule has 1 saturated heterocycles. The first kappa shape index (κ1) is 13.1. The average Bonchev–Trinajstić information content (AvgIpc) is 2.82. The van der Waals surface area contributed by atoms with E-state index in [0.29, 0.717) is 6.04 Å². The first-order valence-electron chi connectivity index (χ1n) is 7.43. The van der Waals surface area contributed by atoms with Gasteiger partial charge in [0.2, 0.25) is 0 Å². The Bertz CT molecular complexity index is 549. The van der Waals surface area contributed by atoms with E-state index in [1.807, 2.05) is 29.1 Å². The van der Waals surface area contributed by atoms with E-state index in [1.165, 1.54) is 25.7 Å². The molecule has 2 heterocycles. The summed E-state index contributed by atoms with van der Waals surface area (Å²) in [6.07, 6.45) is 13.7. The molecule has 2 aromatic rings. The van der Waals surface area contributed by atoms with Crippen LogP contribution in [-0.4, -0.2) is 22.4 Å². The molecule has 0 radical (unpaired) electrons. The van der Waals surface area contributed by atoms with Crippen LogP contribution in [0.15, 0.2) is 48.8 Å². The first-order valence-corrected chi connectivity index (χ1v) is 7.43. The Morgan fingerprint density at radius 1 is 1.15 bits per heavy atom. The van der Waals surface area contributed by atoms with Crippen molar-refractivity contribution in [2.75, 3.05) is 6.54 Å². The molecular formula is C17H21N3. The summed E-state index contributed by atoms with van der Waals surface area (Å²) in [6.45, 7) is 1.14. The summed E-state index contributed by atoms with van der Waals surface area (Å²) in [7, 11) is 0. The largest absolute Gasteiger partial charge is 0.311 e. The van der Waals surface area contributed by atoms with Crippen LogP contribution in [0.5, 0.6) is 0 Å². The van der Waals surface area contributed by atoms with Gasteiger partial charge in [0.25, 0.3) is 0 Å². The molecule has 0 aliphatic carbocycles. The van der Waals surface area contributed by atoms with Crippen molar-refractivity contribution in [3.63, 3.8) is 0 Å². The van der Waals surface area contributed by atoms with E-state index in [9.17, 15) is 0 Å². The quantitative estimate of drug-likeness (QED) is 0.923. The molecule has 0 spiro atoms. The Hall–Kier alpha value is -1.87. The van der Waals surface area contributed by atoms with Gasteiger partial charge in [-0.3, -0.25) is 0 Å². The van der Waals surface area contributed by atoms with Crippen LogP contribution in [0.4, 0.5) is 0 Å². The van der Waals surface area contributed by atoms with Crippen LogP contribution in [0, 0.1) is 0 Å². The average molecular weight is 267 g/mol. The Morgan fingerprint density at radius 2 is 2.05 bits per heavy atom. The second-order valence-corrected chi connectivity index (χ2v) is 5.32. The highest BCUT2D eigenvalue weighted by atomic mass is 15.3. The maximum absolute atomic E-state index is 4.41. The van der Waals surface area contributed by atoms with E-state index < -0.39 is 0 Å². The number of nitrogens with one attached hydrogen (secondary N) is 1. The third-order valence-electron chi connectivity index (χ3n) is 3.74. The highest BCUT2D eigenvalue weighted by molar-refractivity contribution is 5.48. The fraction of sp³-hybridized carbons (Fsp3) is 0.353. The zero-order valence-corrected chi connectivity index (χ0v) is 11.7. The molecule has 0 amide bonds. The lowest BCUT2D eigenvalue weighted by atomic mass is 10.1. The van der Waals surface area contributed by atoms with E-state index in [4.69, 9.17) is 0 Å². The van der Waals surface area contributed by atoms with Crippen LogP contribution >= 0.6 is 0 Å². The molecule has 1 aromatic heterocycles. The van der Waals surface area contributed by atoms with Gasteiger partial charge in [-0.25, -0.2) is 4.68 Å². The summed E-state index contributed by atoms with van der Waals surface area (Å²) in [5, 5.41) is 7.99. The molecule has 104 valence electrons. The monoisotopic (exact) mass is 267 g/mol. The second kappa shape index (κ2) is 6.53. The molecule has 1 N–H and O–H groups in total. The molecule has 1 aromatic carbocycles. The van der Waals surface area contributed by atoms with Crippen LogP contribution in [0.25, 0.3) is 11.8 Å². The van der Waals surface area contributed by atoms with E-state index in [2.05, 4.69) is 40.9 Å². The lowest BCUT2D eigenvalue weighted by Crippen LogP contribution is -2.25. The minimum Gasteiger partial charge on any atom is -0.311 e. The first-order chi connectivity index (χ1) is 9.92. The third kappa shape index (κ3) is 3.36. The van der Waals surface area contributed by atoms with Crippen molar-refractivity contribution < 1.29 is 0 Å². The van der Waals surface area contributed by atoms with E-state index in [0.717, 1.165) is 17.8 Å². The van der Waals surface area contributed by atoms with Crippen molar-refractivity contribution in [3.05, 3.63) is 54.4 Å². The van der Waals surface area contributed by atoms with Gasteiger partial charge in [0.05, 0.1) is 11.9 Å². The minimum atomic E-state index is 0.512. The Kier molecular flexibility index (Phi) is 4.28. The summed E-state index contributed by atoms with van der Waals surface area (Å²) < 4.78 is 1.92. The van der Waals surface area contributed by atoms with Crippen LogP contribution in [0.1, 0.15) is 31.2 Å². The number of para-hydroxylation sites is 1. The molecule has 3 nitrogen and oxygen atoms in total. The van der Waals surface area contributed by atoms with Gasteiger partial charge in [-0.15, -0.1) is 0 Å². The topological polar surface area (TPSA) is 29.9 Å². The molecule has 1 atom stereocenters. The van der Waals surface area contributed by atoms with Crippen molar-refractivity contribution in [2.24, 2.45) is 0 Å². The fourth-order valence-corrected chi connectivity index (χ4v) is 2.59. The van der Waals surface area contributed by atoms with E-state index in [1.54, 1.807) is 0 Å². The molecule has 1 unspecified atom stereocenters. The molecular weight excluding hydrogens is 246 g/mol. The number of benzene rings is 1. The SMILES string of the molecule is C(=C\C1CCCCCN1)/c1cnn(-c2ccccc2)c1. The Balaban J connectivity index is 1.67. The smallest absolute Gasteiger partial charge is 0.0645 e. The summed E-state index contributed by atoms with van der Waals surface area (Å²) in [6, 6.07) is 10.7. The van der Waals surface area contributed by atoms with Gasteiger partial charge >= 0.3 is 0 Å². The highest BCUT2D eigenvalue weighted by Gasteiger charge is 2.07. The normalized spacial score (nSPS) is 20.1. The summed E-state index contributed by atoms with van der Waals surface area (Å²) in [4.78, 5) is 0. The van der Waals surface area contributed by atoms with Gasteiger partial charge in [0.1, 0.15) is 0 Å². The Morgan fingerprint density at radius 3 is 2.95 bits per heavy atom. The molecule has 0 saturated carbocycles. The number of hydrogen-bond acceptors (Lipinski definition) is 2. The number of aromatic nitrogens is 2. The van der Waals surface area contributed by atoms with Gasteiger partial charge in [-0.05, 0) is 31.5 Å². The van der Waals surface area contributed by atoms with Gasteiger partial charge in [-0.2, -0.15) is 5.10 Å². The zero-order chi connectivity index (χ0) is 13.6. The third-order valence-corrected chi connectivity index (χ3v) is 3.74. The molecule has 3 heteroatoms. The van der Waals surface area contributed by atoms with Crippen LogP contribution in [0.2, 0.25) is 0 Å². The summed E-state index contributed by atoms with van der Waals surface area (Å²) >= 11 is 0. The Labute approximate surface area is 120 Å². The maximum Gasteiger partial charge on any atom is 0.0645 e.